The first-order valence-electron chi connectivity index (χ1n) is 2.47. The van der Waals surface area contributed by atoms with Crippen LogP contribution in [0.2, 0.25) is 0 Å². The van der Waals surface area contributed by atoms with E-state index in [1.165, 1.54) is 6.92 Å². The number of alkyl halides is 2. The van der Waals surface area contributed by atoms with E-state index in [0.717, 1.165) is 0 Å². The molecule has 0 spiro atoms. The first-order valence-corrected chi connectivity index (χ1v) is 3.00. The Kier molecular flexibility index (Phi) is 3.60. The quantitative estimate of drug-likeness (QED) is 0.436. The Morgan fingerprint density at radius 3 is 2.67 bits per heavy atom. The maximum Gasteiger partial charge on any atom is 0.150 e. The normalized spacial score (nSPS) is 15.6. The molecule has 0 aliphatic rings. The number of aliphatic hydroxyl groups is 1. The Balaban J connectivity index is 3.84. The smallest absolute Gasteiger partial charge is 0.150 e. The molecule has 0 amide bonds. The van der Waals surface area contributed by atoms with Crippen LogP contribution in [0.1, 0.15) is 6.92 Å². The standard InChI is InChI=1S/C6H8ClFO/c1-6(9,5-8)3-2-4-7/h9H,4-5H2,1H3. The van der Waals surface area contributed by atoms with E-state index >= 15 is 0 Å². The van der Waals surface area contributed by atoms with E-state index in [-0.39, 0.29) is 5.88 Å². The Morgan fingerprint density at radius 2 is 2.33 bits per heavy atom. The van der Waals surface area contributed by atoms with Crippen molar-refractivity contribution in [2.75, 3.05) is 12.6 Å². The van der Waals surface area contributed by atoms with E-state index < -0.39 is 12.3 Å². The van der Waals surface area contributed by atoms with E-state index in [2.05, 4.69) is 11.8 Å². The van der Waals surface area contributed by atoms with Crippen LogP contribution < -0.4 is 0 Å². The van der Waals surface area contributed by atoms with Gasteiger partial charge in [-0.15, -0.1) is 11.6 Å². The Morgan fingerprint density at radius 1 is 1.78 bits per heavy atom. The van der Waals surface area contributed by atoms with E-state index in [0.29, 0.717) is 0 Å². The van der Waals surface area contributed by atoms with Gasteiger partial charge in [0.15, 0.2) is 5.60 Å². The lowest BCUT2D eigenvalue weighted by Gasteiger charge is -2.08. The zero-order valence-electron chi connectivity index (χ0n) is 5.12. The van der Waals surface area contributed by atoms with Crippen molar-refractivity contribution in [3.05, 3.63) is 0 Å². The molecule has 0 aromatic carbocycles. The van der Waals surface area contributed by atoms with Crippen LogP contribution >= 0.6 is 11.6 Å². The maximum absolute atomic E-state index is 11.7. The van der Waals surface area contributed by atoms with Crippen molar-refractivity contribution in [1.29, 1.82) is 0 Å². The molecule has 0 aromatic rings. The Labute approximate surface area is 58.8 Å². The first-order chi connectivity index (χ1) is 4.12. The summed E-state index contributed by atoms with van der Waals surface area (Å²) in [5.74, 6) is 4.74. The zero-order valence-corrected chi connectivity index (χ0v) is 5.87. The third-order valence-electron chi connectivity index (χ3n) is 0.685. The highest BCUT2D eigenvalue weighted by Crippen LogP contribution is 2.00. The number of hydrogen-bond acceptors (Lipinski definition) is 1. The van der Waals surface area contributed by atoms with Gasteiger partial charge in [-0.2, -0.15) is 0 Å². The van der Waals surface area contributed by atoms with Crippen molar-refractivity contribution in [3.63, 3.8) is 0 Å². The van der Waals surface area contributed by atoms with Crippen molar-refractivity contribution >= 4 is 11.6 Å². The molecule has 0 aliphatic carbocycles. The molecule has 0 rings (SSSR count). The van der Waals surface area contributed by atoms with Crippen LogP contribution in [0.4, 0.5) is 4.39 Å². The van der Waals surface area contributed by atoms with Crippen molar-refractivity contribution in [1.82, 2.24) is 0 Å². The predicted molar refractivity (Wildman–Crippen MR) is 35.1 cm³/mol. The molecule has 0 heterocycles. The number of rotatable bonds is 1. The van der Waals surface area contributed by atoms with Crippen molar-refractivity contribution in [3.8, 4) is 11.8 Å². The molecular formula is C6H8ClFO. The molecule has 52 valence electrons. The van der Waals surface area contributed by atoms with Gasteiger partial charge in [0.2, 0.25) is 0 Å². The van der Waals surface area contributed by atoms with Gasteiger partial charge in [0.1, 0.15) is 6.67 Å². The fourth-order valence-electron chi connectivity index (χ4n) is 0.257. The second-order valence-electron chi connectivity index (χ2n) is 1.84. The SMILES string of the molecule is CC(O)(C#CCCl)CF. The predicted octanol–water partition coefficient (Wildman–Crippen LogP) is 0.949. The fourth-order valence-corrected chi connectivity index (χ4v) is 0.324. The molecule has 0 saturated heterocycles. The lowest BCUT2D eigenvalue weighted by molar-refractivity contribution is 0.0905. The summed E-state index contributed by atoms with van der Waals surface area (Å²) in [6.45, 7) is 0.434. The average Bonchev–Trinajstić information content (AvgIpc) is 1.84. The van der Waals surface area contributed by atoms with Crippen LogP contribution in [0.25, 0.3) is 0 Å². The van der Waals surface area contributed by atoms with E-state index in [4.69, 9.17) is 16.7 Å². The lowest BCUT2D eigenvalue weighted by Crippen LogP contribution is -2.23. The highest BCUT2D eigenvalue weighted by molar-refractivity contribution is 6.19. The first kappa shape index (κ1) is 8.74. The zero-order chi connectivity index (χ0) is 7.33. The highest BCUT2D eigenvalue weighted by Gasteiger charge is 2.14. The fraction of sp³-hybridized carbons (Fsp3) is 0.667. The third-order valence-corrected chi connectivity index (χ3v) is 0.818. The van der Waals surface area contributed by atoms with Gasteiger partial charge >= 0.3 is 0 Å². The molecule has 0 radical (unpaired) electrons. The summed E-state index contributed by atoms with van der Waals surface area (Å²) in [6, 6.07) is 0. The van der Waals surface area contributed by atoms with Crippen LogP contribution in [-0.2, 0) is 0 Å². The Bertz CT molecular complexity index is 134. The van der Waals surface area contributed by atoms with E-state index in [1.807, 2.05) is 0 Å². The highest BCUT2D eigenvalue weighted by atomic mass is 35.5. The number of halogens is 2. The minimum atomic E-state index is -1.52. The molecule has 0 saturated carbocycles. The topological polar surface area (TPSA) is 20.2 Å². The van der Waals surface area contributed by atoms with Crippen LogP contribution in [0.5, 0.6) is 0 Å². The van der Waals surface area contributed by atoms with Gasteiger partial charge in [0.25, 0.3) is 0 Å². The summed E-state index contributed by atoms with van der Waals surface area (Å²) in [6.07, 6.45) is 0. The summed E-state index contributed by atoms with van der Waals surface area (Å²) < 4.78 is 11.7. The van der Waals surface area contributed by atoms with Crippen LogP contribution in [0.3, 0.4) is 0 Å². The molecule has 1 N–H and O–H groups in total. The van der Waals surface area contributed by atoms with E-state index in [1.54, 1.807) is 0 Å². The second-order valence-corrected chi connectivity index (χ2v) is 2.11. The summed E-state index contributed by atoms with van der Waals surface area (Å²) >= 11 is 5.16. The lowest BCUT2D eigenvalue weighted by atomic mass is 10.1. The minimum absolute atomic E-state index is 0.121. The van der Waals surface area contributed by atoms with Crippen LogP contribution in [0.15, 0.2) is 0 Å². The largest absolute Gasteiger partial charge is 0.375 e. The van der Waals surface area contributed by atoms with Crippen molar-refractivity contribution in [2.45, 2.75) is 12.5 Å². The van der Waals surface area contributed by atoms with Gasteiger partial charge in [-0.25, -0.2) is 4.39 Å². The monoisotopic (exact) mass is 150 g/mol. The molecule has 0 aliphatic heterocycles. The van der Waals surface area contributed by atoms with Crippen LogP contribution in [0, 0.1) is 11.8 Å². The molecule has 0 fully saturated rings. The summed E-state index contributed by atoms with van der Waals surface area (Å²) in [5.41, 5.74) is -1.52. The second kappa shape index (κ2) is 3.71. The van der Waals surface area contributed by atoms with Crippen molar-refractivity contribution < 1.29 is 9.50 Å². The number of hydrogen-bond donors (Lipinski definition) is 1. The molecule has 0 aromatic heterocycles. The maximum atomic E-state index is 11.7. The van der Waals surface area contributed by atoms with Crippen LogP contribution in [-0.4, -0.2) is 23.3 Å². The summed E-state index contributed by atoms with van der Waals surface area (Å²) in [5, 5.41) is 8.85. The summed E-state index contributed by atoms with van der Waals surface area (Å²) in [4.78, 5) is 0. The molecule has 1 atom stereocenters. The molecule has 0 bridgehead atoms. The third kappa shape index (κ3) is 4.26. The average molecular weight is 151 g/mol. The van der Waals surface area contributed by atoms with Gasteiger partial charge in [-0.05, 0) is 6.92 Å². The molecule has 1 nitrogen and oxygen atoms in total. The summed E-state index contributed by atoms with van der Waals surface area (Å²) in [7, 11) is 0. The minimum Gasteiger partial charge on any atom is -0.375 e. The van der Waals surface area contributed by atoms with Crippen molar-refractivity contribution in [2.24, 2.45) is 0 Å². The van der Waals surface area contributed by atoms with E-state index in [9.17, 15) is 4.39 Å². The molecule has 1 unspecified atom stereocenters. The Hall–Kier alpha value is -0.260. The van der Waals surface area contributed by atoms with Gasteiger partial charge in [-0.1, -0.05) is 11.8 Å². The van der Waals surface area contributed by atoms with Gasteiger partial charge in [0.05, 0.1) is 5.88 Å². The molecule has 3 heteroatoms. The molecule has 9 heavy (non-hydrogen) atoms. The van der Waals surface area contributed by atoms with Gasteiger partial charge in [-0.3, -0.25) is 0 Å². The van der Waals surface area contributed by atoms with Gasteiger partial charge in [0, 0.05) is 0 Å². The van der Waals surface area contributed by atoms with Gasteiger partial charge < -0.3 is 5.11 Å². The molecular weight excluding hydrogens is 143 g/mol.